The lowest BCUT2D eigenvalue weighted by Gasteiger charge is -2.03. The number of aromatic nitrogens is 1. The second kappa shape index (κ2) is 4.14. The van der Waals surface area contributed by atoms with Crippen molar-refractivity contribution in [3.8, 4) is 0 Å². The molecule has 0 amide bonds. The zero-order valence-corrected chi connectivity index (χ0v) is 8.97. The van der Waals surface area contributed by atoms with Gasteiger partial charge in [-0.15, -0.1) is 0 Å². The molecule has 16 heavy (non-hydrogen) atoms. The van der Waals surface area contributed by atoms with Gasteiger partial charge in [0.05, 0.1) is 0 Å². The molecule has 0 aliphatic carbocycles. The van der Waals surface area contributed by atoms with Gasteiger partial charge in [0.15, 0.2) is 0 Å². The molecule has 1 aromatic carbocycles. The number of aryl methyl sites for hydroxylation is 1. The summed E-state index contributed by atoms with van der Waals surface area (Å²) < 4.78 is 0. The van der Waals surface area contributed by atoms with E-state index in [-0.39, 0.29) is 5.78 Å². The highest BCUT2D eigenvalue weighted by molar-refractivity contribution is 6.08. The summed E-state index contributed by atoms with van der Waals surface area (Å²) >= 11 is 0. The Kier molecular flexibility index (Phi) is 2.68. The molecule has 1 aromatic heterocycles. The number of carbonyl (C=O) groups excluding carboxylic acids is 1. The third-order valence-electron chi connectivity index (χ3n) is 2.44. The first-order valence-corrected chi connectivity index (χ1v) is 5.00. The standard InChI is InChI=1S/C13H12N2O/c1-9-5-6-10(8-11(9)14)13(16)12-4-2-3-7-15-12/h2-8H,14H2,1H3. The molecular formula is C13H12N2O. The Bertz CT molecular complexity index is 521. The summed E-state index contributed by atoms with van der Waals surface area (Å²) in [6, 6.07) is 10.6. The minimum atomic E-state index is -0.104. The van der Waals surface area contributed by atoms with E-state index in [1.807, 2.05) is 13.0 Å². The second-order valence-electron chi connectivity index (χ2n) is 3.62. The first kappa shape index (κ1) is 10.4. The molecule has 0 bridgehead atoms. The molecule has 0 spiro atoms. The van der Waals surface area contributed by atoms with E-state index < -0.39 is 0 Å². The molecule has 0 aliphatic heterocycles. The van der Waals surface area contributed by atoms with E-state index in [1.54, 1.807) is 36.5 Å². The Morgan fingerprint density at radius 1 is 1.25 bits per heavy atom. The van der Waals surface area contributed by atoms with Crippen molar-refractivity contribution >= 4 is 11.5 Å². The van der Waals surface area contributed by atoms with Crippen LogP contribution in [0, 0.1) is 6.92 Å². The van der Waals surface area contributed by atoms with Crippen molar-refractivity contribution in [1.82, 2.24) is 4.98 Å². The summed E-state index contributed by atoms with van der Waals surface area (Å²) in [6.45, 7) is 1.91. The van der Waals surface area contributed by atoms with Crippen LogP contribution in [-0.2, 0) is 0 Å². The predicted molar refractivity (Wildman–Crippen MR) is 63.3 cm³/mol. The van der Waals surface area contributed by atoms with Crippen molar-refractivity contribution < 1.29 is 4.79 Å². The van der Waals surface area contributed by atoms with Gasteiger partial charge in [-0.1, -0.05) is 18.2 Å². The predicted octanol–water partition coefficient (Wildman–Crippen LogP) is 2.20. The van der Waals surface area contributed by atoms with Crippen LogP contribution in [-0.4, -0.2) is 10.8 Å². The number of nitrogens with two attached hydrogens (primary N) is 1. The van der Waals surface area contributed by atoms with E-state index >= 15 is 0 Å². The van der Waals surface area contributed by atoms with Crippen LogP contribution in [0.15, 0.2) is 42.6 Å². The Labute approximate surface area is 93.9 Å². The number of nitrogen functional groups attached to an aromatic ring is 1. The number of hydrogen-bond donors (Lipinski definition) is 1. The van der Waals surface area contributed by atoms with Crippen LogP contribution in [0.5, 0.6) is 0 Å². The molecule has 0 aliphatic rings. The van der Waals surface area contributed by atoms with E-state index in [1.165, 1.54) is 0 Å². The molecule has 0 unspecified atom stereocenters. The minimum absolute atomic E-state index is 0.104. The Morgan fingerprint density at radius 3 is 2.69 bits per heavy atom. The molecule has 0 fully saturated rings. The lowest BCUT2D eigenvalue weighted by atomic mass is 10.0. The minimum Gasteiger partial charge on any atom is -0.398 e. The molecule has 0 saturated heterocycles. The second-order valence-corrected chi connectivity index (χ2v) is 3.62. The number of hydrogen-bond acceptors (Lipinski definition) is 3. The number of anilines is 1. The fraction of sp³-hybridized carbons (Fsp3) is 0.0769. The largest absolute Gasteiger partial charge is 0.398 e. The molecule has 3 nitrogen and oxygen atoms in total. The van der Waals surface area contributed by atoms with Crippen molar-refractivity contribution in [1.29, 1.82) is 0 Å². The van der Waals surface area contributed by atoms with Crippen LogP contribution in [0.25, 0.3) is 0 Å². The van der Waals surface area contributed by atoms with E-state index in [4.69, 9.17) is 5.73 Å². The van der Waals surface area contributed by atoms with Gasteiger partial charge in [0.25, 0.3) is 0 Å². The van der Waals surface area contributed by atoms with Crippen molar-refractivity contribution in [2.45, 2.75) is 6.92 Å². The molecule has 2 aromatic rings. The van der Waals surface area contributed by atoms with Crippen LogP contribution in [0.3, 0.4) is 0 Å². The quantitative estimate of drug-likeness (QED) is 0.613. The molecule has 0 atom stereocenters. The van der Waals surface area contributed by atoms with Gasteiger partial charge in [-0.05, 0) is 30.7 Å². The highest BCUT2D eigenvalue weighted by atomic mass is 16.1. The van der Waals surface area contributed by atoms with Crippen LogP contribution in [0.1, 0.15) is 21.6 Å². The van der Waals surface area contributed by atoms with Crippen molar-refractivity contribution in [3.63, 3.8) is 0 Å². The molecule has 1 heterocycles. The highest BCUT2D eigenvalue weighted by Gasteiger charge is 2.10. The number of carbonyl (C=O) groups is 1. The number of benzene rings is 1. The Balaban J connectivity index is 2.39. The van der Waals surface area contributed by atoms with Crippen molar-refractivity contribution in [2.75, 3.05) is 5.73 Å². The van der Waals surface area contributed by atoms with Gasteiger partial charge in [0.2, 0.25) is 5.78 Å². The van der Waals surface area contributed by atoms with Crippen LogP contribution >= 0.6 is 0 Å². The SMILES string of the molecule is Cc1ccc(C(=O)c2ccccn2)cc1N. The molecule has 2 N–H and O–H groups in total. The van der Waals surface area contributed by atoms with Gasteiger partial charge >= 0.3 is 0 Å². The van der Waals surface area contributed by atoms with Crippen molar-refractivity contribution in [3.05, 3.63) is 59.4 Å². The smallest absolute Gasteiger partial charge is 0.211 e. The van der Waals surface area contributed by atoms with Gasteiger partial charge in [-0.3, -0.25) is 9.78 Å². The normalized spacial score (nSPS) is 10.1. The molecule has 80 valence electrons. The maximum absolute atomic E-state index is 12.0. The zero-order chi connectivity index (χ0) is 11.5. The van der Waals surface area contributed by atoms with Gasteiger partial charge in [-0.25, -0.2) is 0 Å². The Morgan fingerprint density at radius 2 is 2.06 bits per heavy atom. The van der Waals surface area contributed by atoms with Gasteiger partial charge < -0.3 is 5.73 Å². The van der Waals surface area contributed by atoms with Crippen LogP contribution in [0.4, 0.5) is 5.69 Å². The number of rotatable bonds is 2. The summed E-state index contributed by atoms with van der Waals surface area (Å²) in [6.07, 6.45) is 1.60. The maximum atomic E-state index is 12.0. The van der Waals surface area contributed by atoms with Gasteiger partial charge in [0, 0.05) is 17.4 Å². The summed E-state index contributed by atoms with van der Waals surface area (Å²) in [7, 11) is 0. The van der Waals surface area contributed by atoms with Crippen LogP contribution < -0.4 is 5.73 Å². The average Bonchev–Trinajstić information content (AvgIpc) is 2.33. The van der Waals surface area contributed by atoms with Crippen molar-refractivity contribution in [2.24, 2.45) is 0 Å². The topological polar surface area (TPSA) is 56.0 Å². The summed E-state index contributed by atoms with van der Waals surface area (Å²) in [5.74, 6) is -0.104. The zero-order valence-electron chi connectivity index (χ0n) is 8.97. The third kappa shape index (κ3) is 1.93. The average molecular weight is 212 g/mol. The first-order valence-electron chi connectivity index (χ1n) is 5.00. The van der Waals surface area contributed by atoms with Gasteiger partial charge in [-0.2, -0.15) is 0 Å². The molecule has 0 radical (unpaired) electrons. The van der Waals surface area contributed by atoms with E-state index in [9.17, 15) is 4.79 Å². The fourth-order valence-corrected chi connectivity index (χ4v) is 1.43. The number of ketones is 1. The summed E-state index contributed by atoms with van der Waals surface area (Å²) in [5, 5.41) is 0. The third-order valence-corrected chi connectivity index (χ3v) is 2.44. The first-order chi connectivity index (χ1) is 7.68. The lowest BCUT2D eigenvalue weighted by molar-refractivity contribution is 0.103. The highest BCUT2D eigenvalue weighted by Crippen LogP contribution is 2.15. The fourth-order valence-electron chi connectivity index (χ4n) is 1.43. The number of pyridine rings is 1. The van der Waals surface area contributed by atoms with E-state index in [0.717, 1.165) is 5.56 Å². The van der Waals surface area contributed by atoms with E-state index in [2.05, 4.69) is 4.98 Å². The summed E-state index contributed by atoms with van der Waals surface area (Å²) in [5.41, 5.74) is 8.37. The number of nitrogens with zero attached hydrogens (tertiary/aromatic N) is 1. The summed E-state index contributed by atoms with van der Waals surface area (Å²) in [4.78, 5) is 16.0. The molecule has 2 rings (SSSR count). The molecule has 3 heteroatoms. The molecular weight excluding hydrogens is 200 g/mol. The monoisotopic (exact) mass is 212 g/mol. The lowest BCUT2D eigenvalue weighted by Crippen LogP contribution is -2.04. The van der Waals surface area contributed by atoms with Crippen LogP contribution in [0.2, 0.25) is 0 Å². The van der Waals surface area contributed by atoms with E-state index in [0.29, 0.717) is 16.9 Å². The Hall–Kier alpha value is -2.16. The molecule has 0 saturated carbocycles. The maximum Gasteiger partial charge on any atom is 0.211 e. The van der Waals surface area contributed by atoms with Gasteiger partial charge in [0.1, 0.15) is 5.69 Å².